The lowest BCUT2D eigenvalue weighted by Crippen LogP contribution is -2.42. The smallest absolute Gasteiger partial charge is 0.0672 e. The quantitative estimate of drug-likeness (QED) is 0.741. The third kappa shape index (κ3) is 3.56. The Balaban J connectivity index is 2.22. The van der Waals surface area contributed by atoms with Crippen LogP contribution >= 0.6 is 0 Å². The molecule has 1 aliphatic heterocycles. The van der Waals surface area contributed by atoms with Crippen LogP contribution in [-0.4, -0.2) is 42.8 Å². The molecule has 0 bridgehead atoms. The fourth-order valence-electron chi connectivity index (χ4n) is 1.91. The first-order valence-electron chi connectivity index (χ1n) is 5.73. The molecule has 1 saturated heterocycles. The van der Waals surface area contributed by atoms with Gasteiger partial charge in [-0.25, -0.2) is 0 Å². The van der Waals surface area contributed by atoms with E-state index in [0.717, 1.165) is 12.8 Å². The second-order valence-corrected chi connectivity index (χ2v) is 4.51. The van der Waals surface area contributed by atoms with E-state index in [1.54, 1.807) is 0 Å². The first kappa shape index (κ1) is 12.0. The predicted octanol–water partition coefficient (Wildman–Crippen LogP) is 1.22. The van der Waals surface area contributed by atoms with E-state index >= 15 is 0 Å². The van der Waals surface area contributed by atoms with E-state index in [9.17, 15) is 0 Å². The molecule has 14 heavy (non-hydrogen) atoms. The fourth-order valence-corrected chi connectivity index (χ4v) is 1.91. The molecule has 2 N–H and O–H groups in total. The molecule has 0 amide bonds. The van der Waals surface area contributed by atoms with Gasteiger partial charge in [0.1, 0.15) is 0 Å². The highest BCUT2D eigenvalue weighted by atomic mass is 16.5. The molecule has 0 aromatic heterocycles. The van der Waals surface area contributed by atoms with Crippen molar-refractivity contribution in [2.45, 2.75) is 51.9 Å². The molecule has 0 aromatic rings. The van der Waals surface area contributed by atoms with Crippen molar-refractivity contribution in [2.75, 3.05) is 19.6 Å². The average molecular weight is 200 g/mol. The van der Waals surface area contributed by atoms with Crippen LogP contribution < -0.4 is 5.73 Å². The van der Waals surface area contributed by atoms with Crippen LogP contribution in [0.25, 0.3) is 0 Å². The van der Waals surface area contributed by atoms with E-state index in [-0.39, 0.29) is 6.10 Å². The molecule has 1 heterocycles. The maximum atomic E-state index is 5.82. The lowest BCUT2D eigenvalue weighted by atomic mass is 10.1. The Morgan fingerprint density at radius 3 is 2.29 bits per heavy atom. The van der Waals surface area contributed by atoms with Gasteiger partial charge in [-0.3, -0.25) is 0 Å². The van der Waals surface area contributed by atoms with Gasteiger partial charge in [0.05, 0.1) is 12.2 Å². The fraction of sp³-hybridized carbons (Fsp3) is 1.00. The summed E-state index contributed by atoms with van der Waals surface area (Å²) in [7, 11) is 0. The maximum absolute atomic E-state index is 5.82. The standard InChI is InChI=1S/C11H24N2O/c1-9(2)13-6-4-11(5-7-13)14-10(3)8-12/h9-11H,4-8,12H2,1-3H3. The number of likely N-dealkylation sites (tertiary alicyclic amines) is 1. The SMILES string of the molecule is CC(CN)OC1CCN(C(C)C)CC1. The highest BCUT2D eigenvalue weighted by Crippen LogP contribution is 2.16. The van der Waals surface area contributed by atoms with Crippen molar-refractivity contribution in [1.29, 1.82) is 0 Å². The van der Waals surface area contributed by atoms with Crippen LogP contribution in [-0.2, 0) is 4.74 Å². The molecule has 0 aliphatic carbocycles. The molecule has 0 aromatic carbocycles. The first-order valence-corrected chi connectivity index (χ1v) is 5.73. The first-order chi connectivity index (χ1) is 6.63. The molecule has 1 aliphatic rings. The predicted molar refractivity (Wildman–Crippen MR) is 59.3 cm³/mol. The Bertz CT molecular complexity index is 153. The summed E-state index contributed by atoms with van der Waals surface area (Å²) >= 11 is 0. The highest BCUT2D eigenvalue weighted by molar-refractivity contribution is 4.75. The van der Waals surface area contributed by atoms with Gasteiger partial charge in [-0.1, -0.05) is 0 Å². The number of ether oxygens (including phenoxy) is 1. The summed E-state index contributed by atoms with van der Waals surface area (Å²) in [6.45, 7) is 9.52. The van der Waals surface area contributed by atoms with Gasteiger partial charge in [-0.2, -0.15) is 0 Å². The number of piperidine rings is 1. The summed E-state index contributed by atoms with van der Waals surface area (Å²) in [6, 6.07) is 0.669. The lowest BCUT2D eigenvalue weighted by molar-refractivity contribution is -0.0345. The molecule has 84 valence electrons. The minimum absolute atomic E-state index is 0.214. The summed E-state index contributed by atoms with van der Waals surface area (Å²) < 4.78 is 5.82. The van der Waals surface area contributed by atoms with Crippen LogP contribution in [0.15, 0.2) is 0 Å². The zero-order valence-corrected chi connectivity index (χ0v) is 9.70. The molecule has 1 unspecified atom stereocenters. The molecule has 0 spiro atoms. The number of nitrogens with zero attached hydrogens (tertiary/aromatic N) is 1. The number of nitrogens with two attached hydrogens (primary N) is 1. The summed E-state index contributed by atoms with van der Waals surface area (Å²) in [4.78, 5) is 2.51. The molecule has 3 heteroatoms. The average Bonchev–Trinajstić information content (AvgIpc) is 2.18. The Labute approximate surface area is 87.6 Å². The van der Waals surface area contributed by atoms with Crippen molar-refractivity contribution in [1.82, 2.24) is 4.90 Å². The molecular weight excluding hydrogens is 176 g/mol. The van der Waals surface area contributed by atoms with Gasteiger partial charge in [-0.05, 0) is 33.6 Å². The van der Waals surface area contributed by atoms with E-state index in [0.29, 0.717) is 18.7 Å². The zero-order chi connectivity index (χ0) is 10.6. The van der Waals surface area contributed by atoms with Gasteiger partial charge in [0.25, 0.3) is 0 Å². The normalized spacial score (nSPS) is 22.9. The van der Waals surface area contributed by atoms with E-state index in [1.165, 1.54) is 13.1 Å². The van der Waals surface area contributed by atoms with Gasteiger partial charge in [-0.15, -0.1) is 0 Å². The van der Waals surface area contributed by atoms with Gasteiger partial charge in [0, 0.05) is 25.7 Å². The molecule has 3 nitrogen and oxygen atoms in total. The Hall–Kier alpha value is -0.120. The number of hydrogen-bond donors (Lipinski definition) is 1. The third-order valence-corrected chi connectivity index (χ3v) is 2.96. The van der Waals surface area contributed by atoms with Crippen molar-refractivity contribution in [2.24, 2.45) is 5.73 Å². The second kappa shape index (κ2) is 5.69. The molecule has 0 radical (unpaired) electrons. The summed E-state index contributed by atoms with van der Waals surface area (Å²) in [5.74, 6) is 0. The minimum atomic E-state index is 0.214. The number of rotatable bonds is 4. The second-order valence-electron chi connectivity index (χ2n) is 4.51. The zero-order valence-electron chi connectivity index (χ0n) is 9.70. The highest BCUT2D eigenvalue weighted by Gasteiger charge is 2.22. The van der Waals surface area contributed by atoms with Gasteiger partial charge in [0.2, 0.25) is 0 Å². The van der Waals surface area contributed by atoms with Crippen LogP contribution in [0.5, 0.6) is 0 Å². The van der Waals surface area contributed by atoms with Crippen LogP contribution in [0, 0.1) is 0 Å². The van der Waals surface area contributed by atoms with E-state index < -0.39 is 0 Å². The molecule has 0 saturated carbocycles. The molecule has 1 atom stereocenters. The largest absolute Gasteiger partial charge is 0.374 e. The van der Waals surface area contributed by atoms with Crippen molar-refractivity contribution in [3.05, 3.63) is 0 Å². The van der Waals surface area contributed by atoms with Crippen LogP contribution in [0.2, 0.25) is 0 Å². The Morgan fingerprint density at radius 1 is 1.29 bits per heavy atom. The van der Waals surface area contributed by atoms with Crippen molar-refractivity contribution < 1.29 is 4.74 Å². The van der Waals surface area contributed by atoms with Crippen LogP contribution in [0.1, 0.15) is 33.6 Å². The number of hydrogen-bond acceptors (Lipinski definition) is 3. The molecular formula is C11H24N2O. The lowest BCUT2D eigenvalue weighted by Gasteiger charge is -2.35. The molecule has 1 fully saturated rings. The van der Waals surface area contributed by atoms with Crippen molar-refractivity contribution in [3.8, 4) is 0 Å². The van der Waals surface area contributed by atoms with Gasteiger partial charge in [0.15, 0.2) is 0 Å². The van der Waals surface area contributed by atoms with E-state index in [1.807, 2.05) is 0 Å². The van der Waals surface area contributed by atoms with Crippen molar-refractivity contribution in [3.63, 3.8) is 0 Å². The minimum Gasteiger partial charge on any atom is -0.374 e. The maximum Gasteiger partial charge on any atom is 0.0672 e. The topological polar surface area (TPSA) is 38.5 Å². The Morgan fingerprint density at radius 2 is 1.86 bits per heavy atom. The van der Waals surface area contributed by atoms with Crippen LogP contribution in [0.4, 0.5) is 0 Å². The van der Waals surface area contributed by atoms with E-state index in [2.05, 4.69) is 25.7 Å². The Kier molecular flexibility index (Phi) is 4.85. The van der Waals surface area contributed by atoms with Crippen molar-refractivity contribution >= 4 is 0 Å². The summed E-state index contributed by atoms with van der Waals surface area (Å²) in [5, 5.41) is 0. The van der Waals surface area contributed by atoms with Gasteiger partial charge >= 0.3 is 0 Å². The van der Waals surface area contributed by atoms with E-state index in [4.69, 9.17) is 10.5 Å². The summed E-state index contributed by atoms with van der Waals surface area (Å²) in [5.41, 5.74) is 5.53. The summed E-state index contributed by atoms with van der Waals surface area (Å²) in [6.07, 6.45) is 2.96. The van der Waals surface area contributed by atoms with Gasteiger partial charge < -0.3 is 15.4 Å². The van der Waals surface area contributed by atoms with Crippen LogP contribution in [0.3, 0.4) is 0 Å². The monoisotopic (exact) mass is 200 g/mol. The third-order valence-electron chi connectivity index (χ3n) is 2.96. The molecule has 1 rings (SSSR count).